The molecule has 0 saturated heterocycles. The van der Waals surface area contributed by atoms with Crippen LogP contribution in [0.3, 0.4) is 0 Å². The van der Waals surface area contributed by atoms with E-state index in [0.29, 0.717) is 28.0 Å². The third-order valence-corrected chi connectivity index (χ3v) is 3.14. The van der Waals surface area contributed by atoms with Crippen LogP contribution < -0.4 is 19.5 Å². The van der Waals surface area contributed by atoms with Crippen LogP contribution in [0.5, 0.6) is 17.2 Å². The summed E-state index contributed by atoms with van der Waals surface area (Å²) in [5.74, 6) is 1.48. The fourth-order valence-electron chi connectivity index (χ4n) is 1.78. The summed E-state index contributed by atoms with van der Waals surface area (Å²) in [6.07, 6.45) is 0. The normalized spacial score (nSPS) is 9.95. The van der Waals surface area contributed by atoms with Gasteiger partial charge in [-0.25, -0.2) is 0 Å². The van der Waals surface area contributed by atoms with Gasteiger partial charge in [0.25, 0.3) is 5.91 Å². The van der Waals surface area contributed by atoms with Crippen LogP contribution >= 0.6 is 11.6 Å². The molecule has 0 spiro atoms. The van der Waals surface area contributed by atoms with Crippen molar-refractivity contribution < 1.29 is 19.0 Å². The van der Waals surface area contributed by atoms with Crippen LogP contribution in [0, 0.1) is 0 Å². The van der Waals surface area contributed by atoms with E-state index in [1.807, 2.05) is 0 Å². The quantitative estimate of drug-likeness (QED) is 0.886. The van der Waals surface area contributed by atoms with Crippen LogP contribution in [0.25, 0.3) is 0 Å². The van der Waals surface area contributed by atoms with Crippen molar-refractivity contribution in [1.29, 1.82) is 0 Å². The first-order chi connectivity index (χ1) is 10.6. The highest BCUT2D eigenvalue weighted by Crippen LogP contribution is 2.27. The van der Waals surface area contributed by atoms with Gasteiger partial charge in [0.2, 0.25) is 0 Å². The molecule has 0 aromatic heterocycles. The lowest BCUT2D eigenvalue weighted by molar-refractivity contribution is -0.118. The van der Waals surface area contributed by atoms with Gasteiger partial charge in [-0.05, 0) is 30.3 Å². The molecular formula is C16H16ClNO4. The van der Waals surface area contributed by atoms with Crippen molar-refractivity contribution in [1.82, 2.24) is 0 Å². The number of amides is 1. The molecule has 0 aliphatic carbocycles. The minimum absolute atomic E-state index is 0.114. The summed E-state index contributed by atoms with van der Waals surface area (Å²) in [5.41, 5.74) is 0.574. The predicted octanol–water partition coefficient (Wildman–Crippen LogP) is 3.37. The van der Waals surface area contributed by atoms with Crippen molar-refractivity contribution >= 4 is 23.2 Å². The lowest BCUT2D eigenvalue weighted by Gasteiger charge is -2.10. The number of halogens is 1. The highest BCUT2D eigenvalue weighted by atomic mass is 35.5. The number of hydrogen-bond acceptors (Lipinski definition) is 4. The van der Waals surface area contributed by atoms with Crippen molar-refractivity contribution in [2.75, 3.05) is 26.1 Å². The van der Waals surface area contributed by atoms with E-state index < -0.39 is 0 Å². The van der Waals surface area contributed by atoms with E-state index in [9.17, 15) is 4.79 Å². The topological polar surface area (TPSA) is 56.8 Å². The number of anilines is 1. The number of ether oxygens (including phenoxy) is 3. The van der Waals surface area contributed by atoms with Gasteiger partial charge in [-0.2, -0.15) is 0 Å². The van der Waals surface area contributed by atoms with E-state index in [-0.39, 0.29) is 12.5 Å². The molecule has 22 heavy (non-hydrogen) atoms. The van der Waals surface area contributed by atoms with Crippen LogP contribution in [-0.4, -0.2) is 26.7 Å². The first-order valence-corrected chi connectivity index (χ1v) is 6.90. The number of rotatable bonds is 6. The van der Waals surface area contributed by atoms with Crippen LogP contribution in [0.1, 0.15) is 0 Å². The minimum atomic E-state index is -0.288. The van der Waals surface area contributed by atoms with E-state index in [4.69, 9.17) is 25.8 Å². The van der Waals surface area contributed by atoms with Gasteiger partial charge in [-0.3, -0.25) is 4.79 Å². The summed E-state index contributed by atoms with van der Waals surface area (Å²) in [6, 6.07) is 12.0. The molecule has 0 atom stereocenters. The van der Waals surface area contributed by atoms with Crippen LogP contribution in [0.4, 0.5) is 5.69 Å². The van der Waals surface area contributed by atoms with Gasteiger partial charge in [-0.15, -0.1) is 0 Å². The second-order valence-corrected chi connectivity index (χ2v) is 4.77. The molecule has 0 aliphatic rings. The maximum absolute atomic E-state index is 11.9. The average molecular weight is 322 g/mol. The molecule has 116 valence electrons. The molecule has 1 N–H and O–H groups in total. The Bertz CT molecular complexity index is 660. The number of methoxy groups -OCH3 is 2. The Balaban J connectivity index is 1.91. The second-order valence-electron chi connectivity index (χ2n) is 4.37. The van der Waals surface area contributed by atoms with E-state index in [0.717, 1.165) is 0 Å². The molecular weight excluding hydrogens is 306 g/mol. The molecule has 1 amide bonds. The van der Waals surface area contributed by atoms with Gasteiger partial charge in [0.1, 0.15) is 17.2 Å². The zero-order valence-corrected chi connectivity index (χ0v) is 13.0. The number of nitrogens with one attached hydrogen (secondary N) is 1. The summed E-state index contributed by atoms with van der Waals surface area (Å²) < 4.78 is 15.5. The zero-order valence-electron chi connectivity index (χ0n) is 12.3. The van der Waals surface area contributed by atoms with Gasteiger partial charge in [-0.1, -0.05) is 17.7 Å². The third kappa shape index (κ3) is 4.30. The van der Waals surface area contributed by atoms with Gasteiger partial charge in [0, 0.05) is 11.8 Å². The maximum Gasteiger partial charge on any atom is 0.262 e. The molecule has 0 heterocycles. The molecule has 2 aromatic carbocycles. The number of carbonyl (C=O) groups excluding carboxylic acids is 1. The van der Waals surface area contributed by atoms with Gasteiger partial charge >= 0.3 is 0 Å². The molecule has 0 fully saturated rings. The summed E-state index contributed by atoms with van der Waals surface area (Å²) in [5, 5.41) is 3.12. The molecule has 2 rings (SSSR count). The average Bonchev–Trinajstić information content (AvgIpc) is 2.53. The third-order valence-electron chi connectivity index (χ3n) is 2.85. The molecule has 0 aliphatic heterocycles. The first kappa shape index (κ1) is 16.0. The Kier molecular flexibility index (Phi) is 5.49. The molecule has 0 radical (unpaired) electrons. The Labute approximate surface area is 133 Å². The van der Waals surface area contributed by atoms with E-state index in [1.54, 1.807) is 49.6 Å². The summed E-state index contributed by atoms with van der Waals surface area (Å²) in [7, 11) is 3.10. The maximum atomic E-state index is 11.9. The van der Waals surface area contributed by atoms with Crippen molar-refractivity contribution in [2.24, 2.45) is 0 Å². The standard InChI is InChI=1S/C16H16ClNO4/c1-20-12-4-3-5-13(9-12)22-10-16(19)18-11-6-7-15(21-2)14(17)8-11/h3-9H,10H2,1-2H3,(H,18,19). The fourth-order valence-corrected chi connectivity index (χ4v) is 2.04. The first-order valence-electron chi connectivity index (χ1n) is 6.52. The molecule has 6 heteroatoms. The lowest BCUT2D eigenvalue weighted by Crippen LogP contribution is -2.20. The Morgan fingerprint density at radius 3 is 2.55 bits per heavy atom. The monoisotopic (exact) mass is 321 g/mol. The van der Waals surface area contributed by atoms with Crippen molar-refractivity contribution in [3.8, 4) is 17.2 Å². The van der Waals surface area contributed by atoms with Crippen LogP contribution in [-0.2, 0) is 4.79 Å². The van der Waals surface area contributed by atoms with Gasteiger partial charge < -0.3 is 19.5 Å². The number of carbonyl (C=O) groups is 1. The lowest BCUT2D eigenvalue weighted by atomic mass is 10.3. The Hall–Kier alpha value is -2.40. The van der Waals surface area contributed by atoms with E-state index in [1.165, 1.54) is 7.11 Å². The molecule has 5 nitrogen and oxygen atoms in total. The SMILES string of the molecule is COc1cccc(OCC(=O)Nc2ccc(OC)c(Cl)c2)c1. The summed E-state index contributed by atoms with van der Waals surface area (Å²) >= 11 is 6.00. The summed E-state index contributed by atoms with van der Waals surface area (Å²) in [6.45, 7) is -0.114. The molecule has 0 bridgehead atoms. The highest BCUT2D eigenvalue weighted by molar-refractivity contribution is 6.32. The Morgan fingerprint density at radius 1 is 1.09 bits per heavy atom. The van der Waals surface area contributed by atoms with Crippen molar-refractivity contribution in [3.63, 3.8) is 0 Å². The second kappa shape index (κ2) is 7.56. The number of hydrogen-bond donors (Lipinski definition) is 1. The fraction of sp³-hybridized carbons (Fsp3) is 0.188. The van der Waals surface area contributed by atoms with Gasteiger partial charge in [0.05, 0.1) is 19.2 Å². The molecule has 0 unspecified atom stereocenters. The van der Waals surface area contributed by atoms with Crippen molar-refractivity contribution in [2.45, 2.75) is 0 Å². The Morgan fingerprint density at radius 2 is 1.86 bits per heavy atom. The highest BCUT2D eigenvalue weighted by Gasteiger charge is 2.07. The largest absolute Gasteiger partial charge is 0.497 e. The predicted molar refractivity (Wildman–Crippen MR) is 85.1 cm³/mol. The van der Waals surface area contributed by atoms with E-state index in [2.05, 4.69) is 5.32 Å². The molecule has 0 saturated carbocycles. The number of benzene rings is 2. The van der Waals surface area contributed by atoms with Crippen molar-refractivity contribution in [3.05, 3.63) is 47.5 Å². The van der Waals surface area contributed by atoms with E-state index >= 15 is 0 Å². The molecule has 2 aromatic rings. The zero-order chi connectivity index (χ0) is 15.9. The minimum Gasteiger partial charge on any atom is -0.497 e. The smallest absolute Gasteiger partial charge is 0.262 e. The van der Waals surface area contributed by atoms with Crippen LogP contribution in [0.2, 0.25) is 5.02 Å². The summed E-state index contributed by atoms with van der Waals surface area (Å²) in [4.78, 5) is 11.9. The van der Waals surface area contributed by atoms with Gasteiger partial charge in [0.15, 0.2) is 6.61 Å². The van der Waals surface area contributed by atoms with Crippen LogP contribution in [0.15, 0.2) is 42.5 Å².